The Labute approximate surface area is 145 Å². The molecule has 122 valence electrons. The molecule has 24 heavy (non-hydrogen) atoms. The standard InChI is InChI=1S/C19H18ClN3O/c1-2-23(12-18-15-5-3-4-6-19(15)24-22-18)11-13-10-21-17-8-7-14(20)9-16(13)17/h3-10,21H,2,11-12H2,1H3. The quantitative estimate of drug-likeness (QED) is 0.557. The van der Waals surface area contributed by atoms with Gasteiger partial charge in [0, 0.05) is 40.6 Å². The largest absolute Gasteiger partial charge is 0.361 e. The summed E-state index contributed by atoms with van der Waals surface area (Å²) in [6.07, 6.45) is 2.06. The number of hydrogen-bond donors (Lipinski definition) is 1. The predicted octanol–water partition coefficient (Wildman–Crippen LogP) is 4.98. The Bertz CT molecular complexity index is 989. The van der Waals surface area contributed by atoms with Crippen molar-refractivity contribution < 1.29 is 4.52 Å². The van der Waals surface area contributed by atoms with Crippen molar-refractivity contribution >= 4 is 33.5 Å². The lowest BCUT2D eigenvalue weighted by Gasteiger charge is -2.18. The van der Waals surface area contributed by atoms with Crippen LogP contribution in [0.1, 0.15) is 18.2 Å². The molecule has 4 rings (SSSR count). The zero-order valence-electron chi connectivity index (χ0n) is 13.4. The number of nitrogens with one attached hydrogen (secondary N) is 1. The van der Waals surface area contributed by atoms with Crippen molar-refractivity contribution in [1.82, 2.24) is 15.0 Å². The Morgan fingerprint density at radius 1 is 1.12 bits per heavy atom. The second kappa shape index (κ2) is 6.30. The van der Waals surface area contributed by atoms with Gasteiger partial charge in [-0.2, -0.15) is 0 Å². The third-order valence-corrected chi connectivity index (χ3v) is 4.63. The van der Waals surface area contributed by atoms with Gasteiger partial charge in [-0.05, 0) is 42.4 Å². The Morgan fingerprint density at radius 3 is 2.88 bits per heavy atom. The maximum Gasteiger partial charge on any atom is 0.167 e. The van der Waals surface area contributed by atoms with Crippen molar-refractivity contribution in [1.29, 1.82) is 0 Å². The average Bonchev–Trinajstić information content (AvgIpc) is 3.19. The van der Waals surface area contributed by atoms with Gasteiger partial charge in [0.05, 0.1) is 0 Å². The minimum Gasteiger partial charge on any atom is -0.361 e. The first-order valence-electron chi connectivity index (χ1n) is 8.05. The molecule has 0 atom stereocenters. The van der Waals surface area contributed by atoms with Gasteiger partial charge in [0.2, 0.25) is 0 Å². The third-order valence-electron chi connectivity index (χ3n) is 4.40. The van der Waals surface area contributed by atoms with Crippen molar-refractivity contribution in [3.8, 4) is 0 Å². The summed E-state index contributed by atoms with van der Waals surface area (Å²) < 4.78 is 5.42. The maximum atomic E-state index is 6.15. The number of rotatable bonds is 5. The second-order valence-corrected chi connectivity index (χ2v) is 6.37. The van der Waals surface area contributed by atoms with Crippen LogP contribution in [0.5, 0.6) is 0 Å². The van der Waals surface area contributed by atoms with E-state index in [1.165, 1.54) is 10.9 Å². The summed E-state index contributed by atoms with van der Waals surface area (Å²) in [6.45, 7) is 4.66. The van der Waals surface area contributed by atoms with E-state index in [0.717, 1.165) is 46.8 Å². The number of para-hydroxylation sites is 1. The fourth-order valence-corrected chi connectivity index (χ4v) is 3.24. The molecule has 0 bridgehead atoms. The number of nitrogens with zero attached hydrogens (tertiary/aromatic N) is 2. The van der Waals surface area contributed by atoms with Crippen LogP contribution < -0.4 is 0 Å². The summed E-state index contributed by atoms with van der Waals surface area (Å²) in [5.74, 6) is 0. The minimum atomic E-state index is 0.751. The molecule has 0 unspecified atom stereocenters. The highest BCUT2D eigenvalue weighted by molar-refractivity contribution is 6.31. The molecule has 0 spiro atoms. The van der Waals surface area contributed by atoms with Gasteiger partial charge >= 0.3 is 0 Å². The molecule has 4 aromatic rings. The lowest BCUT2D eigenvalue weighted by atomic mass is 10.1. The monoisotopic (exact) mass is 339 g/mol. The van der Waals surface area contributed by atoms with Crippen molar-refractivity contribution in [3.63, 3.8) is 0 Å². The van der Waals surface area contributed by atoms with Gasteiger partial charge in [0.15, 0.2) is 5.58 Å². The third kappa shape index (κ3) is 2.79. The van der Waals surface area contributed by atoms with Gasteiger partial charge in [-0.1, -0.05) is 35.8 Å². The van der Waals surface area contributed by atoms with E-state index in [2.05, 4.69) is 34.2 Å². The van der Waals surface area contributed by atoms with Gasteiger partial charge in [0.1, 0.15) is 5.69 Å². The van der Waals surface area contributed by atoms with Crippen molar-refractivity contribution in [3.05, 3.63) is 64.9 Å². The zero-order valence-corrected chi connectivity index (χ0v) is 14.2. The molecule has 2 aromatic heterocycles. The molecule has 0 saturated carbocycles. The highest BCUT2D eigenvalue weighted by Crippen LogP contribution is 2.25. The molecule has 0 aliphatic heterocycles. The molecule has 0 aliphatic rings. The van der Waals surface area contributed by atoms with Crippen LogP contribution in [-0.2, 0) is 13.1 Å². The molecule has 0 fully saturated rings. The molecular formula is C19H18ClN3O. The highest BCUT2D eigenvalue weighted by atomic mass is 35.5. The Balaban J connectivity index is 1.60. The fraction of sp³-hybridized carbons (Fsp3) is 0.211. The summed E-state index contributed by atoms with van der Waals surface area (Å²) in [5, 5.41) is 7.26. The van der Waals surface area contributed by atoms with Gasteiger partial charge < -0.3 is 9.51 Å². The molecule has 0 aliphatic carbocycles. The topological polar surface area (TPSA) is 45.1 Å². The maximum absolute atomic E-state index is 6.15. The normalized spacial score (nSPS) is 11.8. The SMILES string of the molecule is CCN(Cc1c[nH]c2ccc(Cl)cc12)Cc1noc2ccccc12. The average molecular weight is 340 g/mol. The van der Waals surface area contributed by atoms with E-state index in [1.807, 2.05) is 36.4 Å². The first-order chi connectivity index (χ1) is 11.7. The summed E-state index contributed by atoms with van der Waals surface area (Å²) in [4.78, 5) is 5.65. The van der Waals surface area contributed by atoms with Gasteiger partial charge in [-0.15, -0.1) is 0 Å². The molecule has 4 nitrogen and oxygen atoms in total. The summed E-state index contributed by atoms with van der Waals surface area (Å²) in [5.41, 5.74) is 4.16. The van der Waals surface area contributed by atoms with Crippen molar-refractivity contribution in [2.75, 3.05) is 6.54 Å². The lowest BCUT2D eigenvalue weighted by molar-refractivity contribution is 0.264. The van der Waals surface area contributed by atoms with Crippen LogP contribution in [0.3, 0.4) is 0 Å². The first-order valence-corrected chi connectivity index (χ1v) is 8.43. The van der Waals surface area contributed by atoms with Gasteiger partial charge in [-0.3, -0.25) is 4.90 Å². The summed E-state index contributed by atoms with van der Waals surface area (Å²) in [7, 11) is 0. The Morgan fingerprint density at radius 2 is 2.00 bits per heavy atom. The van der Waals surface area contributed by atoms with Crippen LogP contribution in [0.25, 0.3) is 21.9 Å². The van der Waals surface area contributed by atoms with E-state index in [4.69, 9.17) is 16.1 Å². The van der Waals surface area contributed by atoms with E-state index in [1.54, 1.807) is 0 Å². The number of fused-ring (bicyclic) bond motifs is 2. The molecule has 0 saturated heterocycles. The molecule has 1 N–H and O–H groups in total. The Kier molecular flexibility index (Phi) is 4.00. The van der Waals surface area contributed by atoms with Crippen LogP contribution in [0.15, 0.2) is 53.2 Å². The zero-order chi connectivity index (χ0) is 16.5. The second-order valence-electron chi connectivity index (χ2n) is 5.93. The molecule has 0 amide bonds. The number of benzene rings is 2. The van der Waals surface area contributed by atoms with Gasteiger partial charge in [0.25, 0.3) is 0 Å². The number of hydrogen-bond acceptors (Lipinski definition) is 3. The highest BCUT2D eigenvalue weighted by Gasteiger charge is 2.14. The van der Waals surface area contributed by atoms with Crippen molar-refractivity contribution in [2.45, 2.75) is 20.0 Å². The molecule has 0 radical (unpaired) electrons. The predicted molar refractivity (Wildman–Crippen MR) is 97.1 cm³/mol. The smallest absolute Gasteiger partial charge is 0.167 e. The summed E-state index contributed by atoms with van der Waals surface area (Å²) >= 11 is 6.15. The number of H-pyrrole nitrogens is 1. The minimum absolute atomic E-state index is 0.751. The summed E-state index contributed by atoms with van der Waals surface area (Å²) in [6, 6.07) is 13.9. The van der Waals surface area contributed by atoms with E-state index in [0.29, 0.717) is 0 Å². The van der Waals surface area contributed by atoms with Gasteiger partial charge in [-0.25, -0.2) is 0 Å². The van der Waals surface area contributed by atoms with Crippen LogP contribution in [-0.4, -0.2) is 21.6 Å². The van der Waals surface area contributed by atoms with Crippen LogP contribution in [0.2, 0.25) is 5.02 Å². The molecule has 5 heteroatoms. The number of halogens is 1. The lowest BCUT2D eigenvalue weighted by Crippen LogP contribution is -2.22. The van der Waals surface area contributed by atoms with Crippen LogP contribution >= 0.6 is 11.6 Å². The van der Waals surface area contributed by atoms with E-state index in [9.17, 15) is 0 Å². The van der Waals surface area contributed by atoms with Crippen molar-refractivity contribution in [2.24, 2.45) is 0 Å². The van der Waals surface area contributed by atoms with Crippen LogP contribution in [0, 0.1) is 0 Å². The Hall–Kier alpha value is -2.30. The van der Waals surface area contributed by atoms with E-state index in [-0.39, 0.29) is 0 Å². The number of aromatic amines is 1. The van der Waals surface area contributed by atoms with E-state index >= 15 is 0 Å². The van der Waals surface area contributed by atoms with E-state index < -0.39 is 0 Å². The van der Waals surface area contributed by atoms with Crippen LogP contribution in [0.4, 0.5) is 0 Å². The molecule has 2 heterocycles. The first kappa shape index (κ1) is 15.2. The number of aromatic nitrogens is 2. The molecule has 2 aromatic carbocycles. The fourth-order valence-electron chi connectivity index (χ4n) is 3.07. The molecular weight excluding hydrogens is 322 g/mol.